The van der Waals surface area contributed by atoms with Gasteiger partial charge in [-0.3, -0.25) is 9.69 Å². The van der Waals surface area contributed by atoms with Crippen LogP contribution in [0.3, 0.4) is 0 Å². The fraction of sp³-hybridized carbons (Fsp3) is 0.909. The van der Waals surface area contributed by atoms with E-state index in [2.05, 4.69) is 10.2 Å². The molecule has 0 aliphatic carbocycles. The number of ether oxygens (including phenoxy) is 1. The maximum atomic E-state index is 11.7. The average Bonchev–Trinajstić information content (AvgIpc) is 2.29. The van der Waals surface area contributed by atoms with Gasteiger partial charge >= 0.3 is 0 Å². The number of carbonyl (C=O) groups excluding carboxylic acids is 1. The molecule has 2 atom stereocenters. The molecule has 1 aliphatic heterocycles. The minimum atomic E-state index is 0.0125. The van der Waals surface area contributed by atoms with Gasteiger partial charge in [0, 0.05) is 25.7 Å². The first-order valence-electron chi connectivity index (χ1n) is 5.83. The number of aliphatic hydroxyl groups is 1. The number of morpholine rings is 1. The molecule has 1 fully saturated rings. The van der Waals surface area contributed by atoms with Crippen molar-refractivity contribution >= 4 is 5.91 Å². The highest BCUT2D eigenvalue weighted by Gasteiger charge is 2.17. The van der Waals surface area contributed by atoms with Crippen LogP contribution in [-0.2, 0) is 9.53 Å². The van der Waals surface area contributed by atoms with Gasteiger partial charge in [-0.2, -0.15) is 0 Å². The van der Waals surface area contributed by atoms with E-state index in [1.807, 2.05) is 13.8 Å². The SMILES string of the molecule is CC(CO)C(C)NC(=O)CN1CCOCC1. The molecule has 1 aliphatic rings. The molecule has 5 heteroatoms. The van der Waals surface area contributed by atoms with Crippen molar-refractivity contribution in [3.63, 3.8) is 0 Å². The standard InChI is InChI=1S/C11H22N2O3/c1-9(8-14)10(2)12-11(15)7-13-3-5-16-6-4-13/h9-10,14H,3-8H2,1-2H3,(H,12,15). The number of rotatable bonds is 5. The Morgan fingerprint density at radius 2 is 2.06 bits per heavy atom. The summed E-state index contributed by atoms with van der Waals surface area (Å²) in [4.78, 5) is 13.7. The highest BCUT2D eigenvalue weighted by Crippen LogP contribution is 2.01. The Morgan fingerprint density at radius 3 is 2.62 bits per heavy atom. The molecule has 0 bridgehead atoms. The van der Waals surface area contributed by atoms with Crippen molar-refractivity contribution in [2.24, 2.45) is 5.92 Å². The third-order valence-corrected chi connectivity index (χ3v) is 3.00. The van der Waals surface area contributed by atoms with Crippen molar-refractivity contribution < 1.29 is 14.6 Å². The lowest BCUT2D eigenvalue weighted by Crippen LogP contribution is -2.46. The van der Waals surface area contributed by atoms with Crippen LogP contribution in [0.2, 0.25) is 0 Å². The van der Waals surface area contributed by atoms with E-state index in [-0.39, 0.29) is 24.5 Å². The van der Waals surface area contributed by atoms with E-state index in [0.717, 1.165) is 13.1 Å². The second-order valence-corrected chi connectivity index (χ2v) is 4.40. The number of amides is 1. The molecule has 0 radical (unpaired) electrons. The molecule has 2 N–H and O–H groups in total. The topological polar surface area (TPSA) is 61.8 Å². The zero-order valence-corrected chi connectivity index (χ0v) is 10.1. The molecule has 0 aromatic heterocycles. The number of carbonyl (C=O) groups is 1. The predicted molar refractivity (Wildman–Crippen MR) is 61.1 cm³/mol. The molecule has 0 spiro atoms. The van der Waals surface area contributed by atoms with Crippen molar-refractivity contribution in [1.29, 1.82) is 0 Å². The molecular formula is C11H22N2O3. The van der Waals surface area contributed by atoms with Gasteiger partial charge in [-0.1, -0.05) is 6.92 Å². The van der Waals surface area contributed by atoms with E-state index in [0.29, 0.717) is 19.8 Å². The van der Waals surface area contributed by atoms with Crippen molar-refractivity contribution in [3.05, 3.63) is 0 Å². The Balaban J connectivity index is 2.23. The van der Waals surface area contributed by atoms with Gasteiger partial charge < -0.3 is 15.2 Å². The summed E-state index contributed by atoms with van der Waals surface area (Å²) in [5, 5.41) is 11.9. The number of hydrogen-bond donors (Lipinski definition) is 2. The third-order valence-electron chi connectivity index (χ3n) is 3.00. The molecule has 16 heavy (non-hydrogen) atoms. The van der Waals surface area contributed by atoms with Crippen LogP contribution < -0.4 is 5.32 Å². The highest BCUT2D eigenvalue weighted by molar-refractivity contribution is 5.78. The molecule has 1 saturated heterocycles. The van der Waals surface area contributed by atoms with Gasteiger partial charge in [0.2, 0.25) is 5.91 Å². The Hall–Kier alpha value is -0.650. The van der Waals surface area contributed by atoms with E-state index in [1.54, 1.807) is 0 Å². The van der Waals surface area contributed by atoms with Gasteiger partial charge in [-0.05, 0) is 12.8 Å². The number of nitrogens with zero attached hydrogens (tertiary/aromatic N) is 1. The van der Waals surface area contributed by atoms with Crippen LogP contribution >= 0.6 is 0 Å². The average molecular weight is 230 g/mol. The van der Waals surface area contributed by atoms with E-state index in [1.165, 1.54) is 0 Å². The number of aliphatic hydroxyl groups excluding tert-OH is 1. The van der Waals surface area contributed by atoms with Crippen LogP contribution in [0.5, 0.6) is 0 Å². The van der Waals surface area contributed by atoms with Crippen molar-refractivity contribution in [3.8, 4) is 0 Å². The van der Waals surface area contributed by atoms with Crippen LogP contribution in [-0.4, -0.2) is 61.4 Å². The normalized spacial score (nSPS) is 21.4. The highest BCUT2D eigenvalue weighted by atomic mass is 16.5. The molecule has 0 aromatic rings. The predicted octanol–water partition coefficient (Wildman–Crippen LogP) is -0.548. The fourth-order valence-electron chi connectivity index (χ4n) is 1.56. The molecule has 5 nitrogen and oxygen atoms in total. The lowest BCUT2D eigenvalue weighted by molar-refractivity contribution is -0.124. The fourth-order valence-corrected chi connectivity index (χ4v) is 1.56. The Bertz CT molecular complexity index is 211. The Morgan fingerprint density at radius 1 is 1.44 bits per heavy atom. The minimum Gasteiger partial charge on any atom is -0.396 e. The quantitative estimate of drug-likeness (QED) is 0.665. The van der Waals surface area contributed by atoms with Crippen LogP contribution in [0.4, 0.5) is 0 Å². The third kappa shape index (κ3) is 4.47. The van der Waals surface area contributed by atoms with Crippen LogP contribution in [0, 0.1) is 5.92 Å². The molecule has 0 saturated carbocycles. The first-order chi connectivity index (χ1) is 7.63. The minimum absolute atomic E-state index is 0.0125. The van der Waals surface area contributed by atoms with Gasteiger partial charge in [0.15, 0.2) is 0 Å². The smallest absolute Gasteiger partial charge is 0.234 e. The second-order valence-electron chi connectivity index (χ2n) is 4.40. The van der Waals surface area contributed by atoms with Crippen LogP contribution in [0.15, 0.2) is 0 Å². The molecule has 1 rings (SSSR count). The summed E-state index contributed by atoms with van der Waals surface area (Å²) in [6.45, 7) is 7.39. The Labute approximate surface area is 96.8 Å². The summed E-state index contributed by atoms with van der Waals surface area (Å²) in [6, 6.07) is 0.0125. The lowest BCUT2D eigenvalue weighted by Gasteiger charge is -2.27. The van der Waals surface area contributed by atoms with E-state index in [4.69, 9.17) is 9.84 Å². The van der Waals surface area contributed by atoms with Crippen LogP contribution in [0.25, 0.3) is 0 Å². The summed E-state index contributed by atoms with van der Waals surface area (Å²) < 4.78 is 5.21. The van der Waals surface area contributed by atoms with E-state index < -0.39 is 0 Å². The molecule has 1 amide bonds. The maximum absolute atomic E-state index is 11.7. The van der Waals surface area contributed by atoms with E-state index in [9.17, 15) is 4.79 Å². The molecule has 0 aromatic carbocycles. The number of nitrogens with one attached hydrogen (secondary N) is 1. The molecule has 94 valence electrons. The summed E-state index contributed by atoms with van der Waals surface area (Å²) in [5.74, 6) is 0.114. The van der Waals surface area contributed by atoms with Crippen molar-refractivity contribution in [2.45, 2.75) is 19.9 Å². The summed E-state index contributed by atoms with van der Waals surface area (Å²) in [6.07, 6.45) is 0. The second kappa shape index (κ2) is 6.83. The zero-order valence-electron chi connectivity index (χ0n) is 10.1. The van der Waals surface area contributed by atoms with Gasteiger partial charge in [0.05, 0.1) is 19.8 Å². The lowest BCUT2D eigenvalue weighted by atomic mass is 10.1. The molecule has 1 heterocycles. The monoisotopic (exact) mass is 230 g/mol. The summed E-state index contributed by atoms with van der Waals surface area (Å²) in [5.41, 5.74) is 0. The first kappa shape index (κ1) is 13.4. The van der Waals surface area contributed by atoms with Crippen molar-refractivity contribution in [2.75, 3.05) is 39.5 Å². The molecular weight excluding hydrogens is 208 g/mol. The summed E-state index contributed by atoms with van der Waals surface area (Å²) in [7, 11) is 0. The number of hydrogen-bond acceptors (Lipinski definition) is 4. The maximum Gasteiger partial charge on any atom is 0.234 e. The van der Waals surface area contributed by atoms with Crippen LogP contribution in [0.1, 0.15) is 13.8 Å². The van der Waals surface area contributed by atoms with Gasteiger partial charge in [0.25, 0.3) is 0 Å². The Kier molecular flexibility index (Phi) is 5.73. The molecule has 2 unspecified atom stereocenters. The van der Waals surface area contributed by atoms with Gasteiger partial charge in [0.1, 0.15) is 0 Å². The van der Waals surface area contributed by atoms with Crippen molar-refractivity contribution in [1.82, 2.24) is 10.2 Å². The van der Waals surface area contributed by atoms with E-state index >= 15 is 0 Å². The first-order valence-corrected chi connectivity index (χ1v) is 5.83. The zero-order chi connectivity index (χ0) is 12.0. The summed E-state index contributed by atoms with van der Waals surface area (Å²) >= 11 is 0. The van der Waals surface area contributed by atoms with Gasteiger partial charge in [-0.15, -0.1) is 0 Å². The van der Waals surface area contributed by atoms with Gasteiger partial charge in [-0.25, -0.2) is 0 Å². The largest absolute Gasteiger partial charge is 0.396 e.